The molecular weight excluding hydrogens is 300 g/mol. The third-order valence-electron chi connectivity index (χ3n) is 4.76. The number of methoxy groups -OCH3 is 1. The molecule has 5 heteroatoms. The third kappa shape index (κ3) is 3.17. The second-order valence-electron chi connectivity index (χ2n) is 6.15. The quantitative estimate of drug-likeness (QED) is 0.841. The van der Waals surface area contributed by atoms with Gasteiger partial charge in [0.1, 0.15) is 5.75 Å². The van der Waals surface area contributed by atoms with Gasteiger partial charge in [-0.2, -0.15) is 0 Å². The van der Waals surface area contributed by atoms with Crippen LogP contribution in [0.4, 0.5) is 4.79 Å². The minimum atomic E-state index is 0.166. The molecule has 1 saturated heterocycles. The van der Waals surface area contributed by atoms with Crippen LogP contribution >= 0.6 is 11.6 Å². The third-order valence-corrected chi connectivity index (χ3v) is 5.12. The first-order valence-corrected chi connectivity index (χ1v) is 8.45. The number of halogens is 1. The Hall–Kier alpha value is -1.42. The average Bonchev–Trinajstić information content (AvgIpc) is 2.91. The molecule has 0 spiro atoms. The largest absolute Gasteiger partial charge is 0.497 e. The molecule has 0 N–H and O–H groups in total. The van der Waals surface area contributed by atoms with Crippen molar-refractivity contribution in [2.45, 2.75) is 44.7 Å². The highest BCUT2D eigenvalue weighted by atomic mass is 35.5. The second-order valence-corrected chi connectivity index (χ2v) is 6.55. The number of rotatable bonds is 4. The van der Waals surface area contributed by atoms with Crippen LogP contribution in [0, 0.1) is 0 Å². The van der Waals surface area contributed by atoms with Crippen molar-refractivity contribution in [1.29, 1.82) is 0 Å². The number of urea groups is 1. The van der Waals surface area contributed by atoms with E-state index in [0.717, 1.165) is 37.2 Å². The molecule has 4 nitrogen and oxygen atoms in total. The van der Waals surface area contributed by atoms with E-state index in [1.807, 2.05) is 17.0 Å². The molecule has 1 aromatic rings. The van der Waals surface area contributed by atoms with E-state index in [1.54, 1.807) is 13.2 Å². The number of carbonyl (C=O) groups is 1. The van der Waals surface area contributed by atoms with Crippen LogP contribution in [0.25, 0.3) is 0 Å². The Labute approximate surface area is 137 Å². The van der Waals surface area contributed by atoms with Gasteiger partial charge in [-0.1, -0.05) is 36.9 Å². The van der Waals surface area contributed by atoms with E-state index in [4.69, 9.17) is 16.3 Å². The molecule has 1 heterocycles. The molecule has 0 atom stereocenters. The number of hydrogen-bond acceptors (Lipinski definition) is 2. The average molecular weight is 323 g/mol. The van der Waals surface area contributed by atoms with Crippen LogP contribution in [-0.2, 0) is 6.54 Å². The summed E-state index contributed by atoms with van der Waals surface area (Å²) in [6, 6.07) is 6.24. The number of hydrogen-bond donors (Lipinski definition) is 0. The summed E-state index contributed by atoms with van der Waals surface area (Å²) in [6.45, 7) is 2.21. The van der Waals surface area contributed by atoms with Crippen LogP contribution in [0.15, 0.2) is 18.2 Å². The van der Waals surface area contributed by atoms with Gasteiger partial charge in [0.15, 0.2) is 0 Å². The smallest absolute Gasteiger partial charge is 0.320 e. The highest BCUT2D eigenvalue weighted by Gasteiger charge is 2.34. The molecule has 22 heavy (non-hydrogen) atoms. The summed E-state index contributed by atoms with van der Waals surface area (Å²) >= 11 is 6.29. The molecule has 0 aromatic heterocycles. The molecule has 2 aliphatic rings. The SMILES string of the molecule is COc1ccc(CN2CCN(C3CCCCC3)C2=O)c(Cl)c1. The molecule has 2 amide bonds. The number of carbonyl (C=O) groups excluding carboxylic acids is 1. The molecule has 0 unspecified atom stereocenters. The van der Waals surface area contributed by atoms with Gasteiger partial charge in [-0.05, 0) is 30.5 Å². The minimum absolute atomic E-state index is 0.166. The summed E-state index contributed by atoms with van der Waals surface area (Å²) in [5.41, 5.74) is 0.973. The van der Waals surface area contributed by atoms with Crippen molar-refractivity contribution >= 4 is 17.6 Å². The van der Waals surface area contributed by atoms with Crippen molar-refractivity contribution in [3.8, 4) is 5.75 Å². The number of nitrogens with zero attached hydrogens (tertiary/aromatic N) is 2. The molecule has 0 bridgehead atoms. The van der Waals surface area contributed by atoms with Gasteiger partial charge in [0.2, 0.25) is 0 Å². The Morgan fingerprint density at radius 2 is 2.00 bits per heavy atom. The van der Waals surface area contributed by atoms with Gasteiger partial charge >= 0.3 is 6.03 Å². The molecule has 0 radical (unpaired) electrons. The maximum Gasteiger partial charge on any atom is 0.320 e. The van der Waals surface area contributed by atoms with Gasteiger partial charge in [-0.3, -0.25) is 0 Å². The van der Waals surface area contributed by atoms with Crippen molar-refractivity contribution < 1.29 is 9.53 Å². The van der Waals surface area contributed by atoms with E-state index in [2.05, 4.69) is 4.90 Å². The summed E-state index contributed by atoms with van der Waals surface area (Å²) in [4.78, 5) is 16.6. The van der Waals surface area contributed by atoms with Crippen molar-refractivity contribution in [1.82, 2.24) is 9.80 Å². The second kappa shape index (κ2) is 6.78. The maximum absolute atomic E-state index is 12.6. The van der Waals surface area contributed by atoms with Crippen LogP contribution < -0.4 is 4.74 Å². The van der Waals surface area contributed by atoms with E-state index >= 15 is 0 Å². The lowest BCUT2D eigenvalue weighted by Crippen LogP contribution is -2.40. The van der Waals surface area contributed by atoms with Crippen LogP contribution in [0.3, 0.4) is 0 Å². The van der Waals surface area contributed by atoms with Crippen molar-refractivity contribution in [2.24, 2.45) is 0 Å². The van der Waals surface area contributed by atoms with E-state index in [1.165, 1.54) is 19.3 Å². The van der Waals surface area contributed by atoms with Crippen LogP contribution in [-0.4, -0.2) is 42.1 Å². The zero-order valence-corrected chi connectivity index (χ0v) is 13.8. The van der Waals surface area contributed by atoms with Crippen LogP contribution in [0.1, 0.15) is 37.7 Å². The predicted molar refractivity (Wildman–Crippen MR) is 87.4 cm³/mol. The molecule has 1 saturated carbocycles. The molecule has 1 aliphatic carbocycles. The summed E-state index contributed by atoms with van der Waals surface area (Å²) in [7, 11) is 1.62. The first kappa shape index (κ1) is 15.5. The fourth-order valence-corrected chi connectivity index (χ4v) is 3.70. The van der Waals surface area contributed by atoms with Crippen LogP contribution in [0.2, 0.25) is 5.02 Å². The molecule has 120 valence electrons. The molecule has 1 aliphatic heterocycles. The van der Waals surface area contributed by atoms with Gasteiger partial charge in [0.25, 0.3) is 0 Å². The van der Waals surface area contributed by atoms with Crippen LogP contribution in [0.5, 0.6) is 5.75 Å². The summed E-state index contributed by atoms with van der Waals surface area (Å²) in [5, 5.41) is 0.656. The van der Waals surface area contributed by atoms with E-state index in [9.17, 15) is 4.79 Å². The Bertz CT molecular complexity index is 543. The normalized spacial score (nSPS) is 19.8. The Kier molecular flexibility index (Phi) is 4.77. The Balaban J connectivity index is 1.65. The van der Waals surface area contributed by atoms with Gasteiger partial charge in [0, 0.05) is 30.7 Å². The zero-order chi connectivity index (χ0) is 15.5. The van der Waals surface area contributed by atoms with E-state index in [0.29, 0.717) is 17.6 Å². The lowest BCUT2D eigenvalue weighted by molar-refractivity contribution is 0.162. The monoisotopic (exact) mass is 322 g/mol. The Morgan fingerprint density at radius 1 is 1.23 bits per heavy atom. The first-order valence-electron chi connectivity index (χ1n) is 8.07. The lowest BCUT2D eigenvalue weighted by Gasteiger charge is -2.30. The van der Waals surface area contributed by atoms with E-state index in [-0.39, 0.29) is 6.03 Å². The maximum atomic E-state index is 12.6. The predicted octanol–water partition coefficient (Wildman–Crippen LogP) is 3.92. The first-order chi connectivity index (χ1) is 10.7. The Morgan fingerprint density at radius 3 is 2.68 bits per heavy atom. The number of amides is 2. The fraction of sp³-hybridized carbons (Fsp3) is 0.588. The lowest BCUT2D eigenvalue weighted by atomic mass is 9.94. The summed E-state index contributed by atoms with van der Waals surface area (Å²) in [5.74, 6) is 0.741. The van der Waals surface area contributed by atoms with Crippen molar-refractivity contribution in [3.63, 3.8) is 0 Å². The topological polar surface area (TPSA) is 32.8 Å². The molecule has 3 rings (SSSR count). The van der Waals surface area contributed by atoms with Gasteiger partial charge in [-0.15, -0.1) is 0 Å². The van der Waals surface area contributed by atoms with E-state index < -0.39 is 0 Å². The highest BCUT2D eigenvalue weighted by Crippen LogP contribution is 2.28. The van der Waals surface area contributed by atoms with Crippen molar-refractivity contribution in [2.75, 3.05) is 20.2 Å². The highest BCUT2D eigenvalue weighted by molar-refractivity contribution is 6.31. The summed E-state index contributed by atoms with van der Waals surface area (Å²) in [6.07, 6.45) is 6.12. The fourth-order valence-electron chi connectivity index (χ4n) is 3.47. The molecule has 2 fully saturated rings. The molecular formula is C17H23ClN2O2. The zero-order valence-electron chi connectivity index (χ0n) is 13.1. The molecule has 1 aromatic carbocycles. The van der Waals surface area contributed by atoms with Gasteiger partial charge < -0.3 is 14.5 Å². The number of benzene rings is 1. The number of ether oxygens (including phenoxy) is 1. The van der Waals surface area contributed by atoms with Crippen molar-refractivity contribution in [3.05, 3.63) is 28.8 Å². The minimum Gasteiger partial charge on any atom is -0.497 e. The van der Waals surface area contributed by atoms with Gasteiger partial charge in [-0.25, -0.2) is 4.79 Å². The summed E-state index contributed by atoms with van der Waals surface area (Å²) < 4.78 is 5.16. The standard InChI is InChI=1S/C17H23ClN2O2/c1-22-15-8-7-13(16(18)11-15)12-19-9-10-20(17(19)21)14-5-3-2-4-6-14/h7-8,11,14H,2-6,9-10,12H2,1H3. The van der Waals surface area contributed by atoms with Gasteiger partial charge in [0.05, 0.1) is 7.11 Å².